The molecule has 10 heteroatoms. The third-order valence-electron chi connectivity index (χ3n) is 4.94. The van der Waals surface area contributed by atoms with Gasteiger partial charge in [0.1, 0.15) is 17.6 Å². The maximum Gasteiger partial charge on any atom is 0.242 e. The van der Waals surface area contributed by atoms with E-state index in [1.165, 1.54) is 0 Å². The molecule has 4 aromatic rings. The molecule has 1 amide bonds. The number of hydrogen-bond donors (Lipinski definition) is 4. The molecular weight excluding hydrogens is 473 g/mol. The quantitative estimate of drug-likeness (QED) is 0.263. The van der Waals surface area contributed by atoms with Gasteiger partial charge in [-0.1, -0.05) is 47.5 Å². The van der Waals surface area contributed by atoms with Crippen molar-refractivity contribution in [3.05, 3.63) is 88.2 Å². The summed E-state index contributed by atoms with van der Waals surface area (Å²) in [5, 5.41) is 10.6. The first kappa shape index (κ1) is 23.5. The number of halogens is 2. The van der Waals surface area contributed by atoms with Crippen LogP contribution in [-0.4, -0.2) is 31.9 Å². The van der Waals surface area contributed by atoms with Crippen LogP contribution in [-0.2, 0) is 17.9 Å². The Balaban J connectivity index is 1.45. The fourth-order valence-electron chi connectivity index (χ4n) is 3.19. The molecular formula is C24H23Cl2N7O. The number of hydrogen-bond acceptors (Lipinski definition) is 6. The van der Waals surface area contributed by atoms with Gasteiger partial charge in [0, 0.05) is 41.6 Å². The summed E-state index contributed by atoms with van der Waals surface area (Å²) in [6, 6.07) is 16.1. The SMILES string of the molecule is C[C@@H](Nc1cc(-c2ncc[nH]2)nc(NCc2cccc(Cl)c2)n1)C(=O)NCc1ccc(Cl)cc1. The first-order valence-electron chi connectivity index (χ1n) is 10.6. The van der Waals surface area contributed by atoms with Crippen molar-refractivity contribution in [2.45, 2.75) is 26.1 Å². The van der Waals surface area contributed by atoms with Crippen molar-refractivity contribution < 1.29 is 4.79 Å². The number of rotatable bonds is 9. The highest BCUT2D eigenvalue weighted by atomic mass is 35.5. The Labute approximate surface area is 207 Å². The summed E-state index contributed by atoms with van der Waals surface area (Å²) in [5.41, 5.74) is 2.54. The second-order valence-electron chi connectivity index (χ2n) is 7.59. The summed E-state index contributed by atoms with van der Waals surface area (Å²) in [4.78, 5) is 29.0. The largest absolute Gasteiger partial charge is 0.358 e. The molecule has 0 unspecified atom stereocenters. The number of aromatic amines is 1. The van der Waals surface area contributed by atoms with Gasteiger partial charge >= 0.3 is 0 Å². The highest BCUT2D eigenvalue weighted by Crippen LogP contribution is 2.20. The summed E-state index contributed by atoms with van der Waals surface area (Å²) in [6.07, 6.45) is 3.37. The van der Waals surface area contributed by atoms with E-state index in [1.54, 1.807) is 37.5 Å². The monoisotopic (exact) mass is 495 g/mol. The zero-order chi connectivity index (χ0) is 23.9. The molecule has 1 atom stereocenters. The molecule has 2 aromatic heterocycles. The molecule has 2 aromatic carbocycles. The van der Waals surface area contributed by atoms with Gasteiger partial charge in [-0.3, -0.25) is 4.79 Å². The Kier molecular flexibility index (Phi) is 7.61. The van der Waals surface area contributed by atoms with Gasteiger partial charge in [0.25, 0.3) is 0 Å². The molecule has 0 radical (unpaired) electrons. The van der Waals surface area contributed by atoms with Crippen LogP contribution in [0.4, 0.5) is 11.8 Å². The molecule has 0 aliphatic heterocycles. The van der Waals surface area contributed by atoms with E-state index in [0.717, 1.165) is 11.1 Å². The normalized spacial score (nSPS) is 11.6. The Hall–Kier alpha value is -3.62. The van der Waals surface area contributed by atoms with Crippen molar-refractivity contribution in [2.24, 2.45) is 0 Å². The Morgan fingerprint density at radius 3 is 2.56 bits per heavy atom. The number of H-pyrrole nitrogens is 1. The van der Waals surface area contributed by atoms with Crippen molar-refractivity contribution in [1.29, 1.82) is 0 Å². The van der Waals surface area contributed by atoms with Gasteiger partial charge in [0.05, 0.1) is 0 Å². The van der Waals surface area contributed by atoms with Gasteiger partial charge in [0.2, 0.25) is 11.9 Å². The number of imidazole rings is 1. The van der Waals surface area contributed by atoms with E-state index in [1.807, 2.05) is 36.4 Å². The van der Waals surface area contributed by atoms with E-state index in [0.29, 0.717) is 46.4 Å². The predicted octanol–water partition coefficient (Wildman–Crippen LogP) is 4.90. The van der Waals surface area contributed by atoms with Crippen molar-refractivity contribution in [1.82, 2.24) is 25.3 Å². The van der Waals surface area contributed by atoms with E-state index in [2.05, 4.69) is 35.9 Å². The molecule has 34 heavy (non-hydrogen) atoms. The zero-order valence-corrected chi connectivity index (χ0v) is 19.9. The summed E-state index contributed by atoms with van der Waals surface area (Å²) in [6.45, 7) is 2.65. The molecule has 8 nitrogen and oxygen atoms in total. The summed E-state index contributed by atoms with van der Waals surface area (Å²) >= 11 is 12.0. The fraction of sp³-hybridized carbons (Fsp3) is 0.167. The molecule has 0 aliphatic rings. The topological polar surface area (TPSA) is 108 Å². The summed E-state index contributed by atoms with van der Waals surface area (Å²) < 4.78 is 0. The van der Waals surface area contributed by atoms with Crippen LogP contribution >= 0.6 is 23.2 Å². The summed E-state index contributed by atoms with van der Waals surface area (Å²) in [7, 11) is 0. The minimum absolute atomic E-state index is 0.165. The minimum atomic E-state index is -0.535. The van der Waals surface area contributed by atoms with Crippen LogP contribution in [0.5, 0.6) is 0 Å². The summed E-state index contributed by atoms with van der Waals surface area (Å²) in [5.74, 6) is 1.31. The Morgan fingerprint density at radius 1 is 1.00 bits per heavy atom. The number of carbonyl (C=O) groups is 1. The molecule has 2 heterocycles. The van der Waals surface area contributed by atoms with Gasteiger partial charge in [-0.05, 0) is 42.3 Å². The lowest BCUT2D eigenvalue weighted by atomic mass is 10.2. The average Bonchev–Trinajstić information content (AvgIpc) is 3.37. The van der Waals surface area contributed by atoms with E-state index >= 15 is 0 Å². The van der Waals surface area contributed by atoms with Crippen LogP contribution in [0.25, 0.3) is 11.5 Å². The number of carbonyl (C=O) groups excluding carboxylic acids is 1. The number of anilines is 2. The molecule has 0 saturated heterocycles. The lowest BCUT2D eigenvalue weighted by molar-refractivity contribution is -0.121. The van der Waals surface area contributed by atoms with Gasteiger partial charge in [-0.15, -0.1) is 0 Å². The van der Waals surface area contributed by atoms with Gasteiger partial charge < -0.3 is 20.9 Å². The van der Waals surface area contributed by atoms with Crippen LogP contribution in [0.1, 0.15) is 18.1 Å². The molecule has 4 N–H and O–H groups in total. The second kappa shape index (κ2) is 11.0. The van der Waals surface area contributed by atoms with Crippen molar-refractivity contribution in [2.75, 3.05) is 10.6 Å². The second-order valence-corrected chi connectivity index (χ2v) is 8.47. The first-order valence-corrected chi connectivity index (χ1v) is 11.4. The standard InChI is InChI=1S/C24H23Cl2N7O/c1-15(23(34)29-13-16-5-7-18(25)8-6-16)31-21-12-20(22-27-9-10-28-22)32-24(33-21)30-14-17-3-2-4-19(26)11-17/h2-12,15H,13-14H2,1H3,(H,27,28)(H,29,34)(H2,30,31,32,33)/t15-/m1/s1. The first-order chi connectivity index (χ1) is 16.5. The van der Waals surface area contributed by atoms with E-state index in [-0.39, 0.29) is 5.91 Å². The lowest BCUT2D eigenvalue weighted by Gasteiger charge is -2.16. The maximum atomic E-state index is 12.6. The third-order valence-corrected chi connectivity index (χ3v) is 5.43. The maximum absolute atomic E-state index is 12.6. The van der Waals surface area contributed by atoms with Gasteiger partial charge in [-0.2, -0.15) is 4.98 Å². The molecule has 0 saturated carbocycles. The number of nitrogens with zero attached hydrogens (tertiary/aromatic N) is 3. The Morgan fingerprint density at radius 2 is 1.82 bits per heavy atom. The van der Waals surface area contributed by atoms with E-state index < -0.39 is 6.04 Å². The fourth-order valence-corrected chi connectivity index (χ4v) is 3.53. The van der Waals surface area contributed by atoms with Crippen LogP contribution in [0, 0.1) is 0 Å². The Bertz CT molecular complexity index is 1250. The predicted molar refractivity (Wildman–Crippen MR) is 135 cm³/mol. The smallest absolute Gasteiger partial charge is 0.242 e. The molecule has 4 rings (SSSR count). The zero-order valence-electron chi connectivity index (χ0n) is 18.3. The van der Waals surface area contributed by atoms with Gasteiger partial charge in [0.15, 0.2) is 5.82 Å². The van der Waals surface area contributed by atoms with Crippen molar-refractivity contribution >= 4 is 40.9 Å². The highest BCUT2D eigenvalue weighted by molar-refractivity contribution is 6.30. The number of benzene rings is 2. The number of nitrogens with one attached hydrogen (secondary N) is 4. The van der Waals surface area contributed by atoms with Crippen molar-refractivity contribution in [3.63, 3.8) is 0 Å². The van der Waals surface area contributed by atoms with E-state index in [9.17, 15) is 4.79 Å². The number of amides is 1. The van der Waals surface area contributed by atoms with Crippen LogP contribution < -0.4 is 16.0 Å². The van der Waals surface area contributed by atoms with Crippen LogP contribution in [0.15, 0.2) is 67.0 Å². The minimum Gasteiger partial charge on any atom is -0.358 e. The molecule has 0 fully saturated rings. The third kappa shape index (κ3) is 6.46. The molecule has 0 spiro atoms. The van der Waals surface area contributed by atoms with Crippen LogP contribution in [0.2, 0.25) is 10.0 Å². The van der Waals surface area contributed by atoms with Gasteiger partial charge in [-0.25, -0.2) is 9.97 Å². The van der Waals surface area contributed by atoms with E-state index in [4.69, 9.17) is 23.2 Å². The molecule has 0 aliphatic carbocycles. The molecule has 0 bridgehead atoms. The van der Waals surface area contributed by atoms with Crippen LogP contribution in [0.3, 0.4) is 0 Å². The molecule has 174 valence electrons. The van der Waals surface area contributed by atoms with Crippen molar-refractivity contribution in [3.8, 4) is 11.5 Å². The number of aromatic nitrogens is 4. The average molecular weight is 496 g/mol. The highest BCUT2D eigenvalue weighted by Gasteiger charge is 2.15. The lowest BCUT2D eigenvalue weighted by Crippen LogP contribution is -2.37.